The molecule has 0 unspecified atom stereocenters. The quantitative estimate of drug-likeness (QED) is 0.748. The van der Waals surface area contributed by atoms with Crippen LogP contribution >= 0.6 is 0 Å². The van der Waals surface area contributed by atoms with Crippen LogP contribution in [0.5, 0.6) is 0 Å². The molecule has 0 aliphatic heterocycles. The second kappa shape index (κ2) is 11.5. The third kappa shape index (κ3) is 8.40. The lowest BCUT2D eigenvalue weighted by atomic mass is 10.1. The Morgan fingerprint density at radius 2 is 0.864 bits per heavy atom. The highest BCUT2D eigenvalue weighted by Gasteiger charge is 2.18. The molecule has 0 spiro atoms. The molecule has 4 heteroatoms. The highest BCUT2D eigenvalue weighted by Crippen LogP contribution is 2.05. The average molecular weight is 315 g/mol. The lowest BCUT2D eigenvalue weighted by Crippen LogP contribution is -2.39. The van der Waals surface area contributed by atoms with E-state index >= 15 is 0 Å². The van der Waals surface area contributed by atoms with E-state index in [9.17, 15) is 9.59 Å². The molecule has 2 amide bonds. The topological polar surface area (TPSA) is 40.6 Å². The molecule has 0 aromatic heterocycles. The Morgan fingerprint density at radius 1 is 0.636 bits per heavy atom. The highest BCUT2D eigenvalue weighted by atomic mass is 16.2. The standard InChI is InChI=1S/2C9H19NO/c2*1-6-10(8(4)5)9(11)7(2)3/h2*7-8H,6H2,1-5H3. The summed E-state index contributed by atoms with van der Waals surface area (Å²) in [6.07, 6.45) is 0. The van der Waals surface area contributed by atoms with Crippen LogP contribution in [0.25, 0.3) is 0 Å². The van der Waals surface area contributed by atoms with E-state index in [2.05, 4.69) is 0 Å². The van der Waals surface area contributed by atoms with Gasteiger partial charge in [0, 0.05) is 37.0 Å². The van der Waals surface area contributed by atoms with Gasteiger partial charge in [-0.2, -0.15) is 0 Å². The fraction of sp³-hybridized carbons (Fsp3) is 0.889. The number of nitrogens with zero attached hydrogens (tertiary/aromatic N) is 2. The molecule has 4 nitrogen and oxygen atoms in total. The first-order valence-corrected chi connectivity index (χ1v) is 8.61. The zero-order chi connectivity index (χ0) is 18.0. The van der Waals surface area contributed by atoms with Crippen LogP contribution in [0, 0.1) is 11.8 Å². The van der Waals surface area contributed by atoms with Crippen LogP contribution in [-0.4, -0.2) is 46.8 Å². The van der Waals surface area contributed by atoms with Gasteiger partial charge < -0.3 is 9.80 Å². The maximum Gasteiger partial charge on any atom is 0.225 e. The molecular weight excluding hydrogens is 276 g/mol. The van der Waals surface area contributed by atoms with Crippen LogP contribution < -0.4 is 0 Å². The van der Waals surface area contributed by atoms with E-state index < -0.39 is 0 Å². The molecule has 0 aromatic rings. The average Bonchev–Trinajstić information content (AvgIpc) is 2.39. The van der Waals surface area contributed by atoms with Crippen molar-refractivity contribution in [3.05, 3.63) is 0 Å². The predicted molar refractivity (Wildman–Crippen MR) is 94.7 cm³/mol. The minimum absolute atomic E-state index is 0.123. The van der Waals surface area contributed by atoms with Crippen molar-refractivity contribution >= 4 is 11.8 Å². The summed E-state index contributed by atoms with van der Waals surface area (Å²) in [6, 6.07) is 0.657. The number of hydrogen-bond acceptors (Lipinski definition) is 2. The molecule has 0 aliphatic rings. The molecule has 0 saturated heterocycles. The van der Waals surface area contributed by atoms with Gasteiger partial charge in [0.2, 0.25) is 11.8 Å². The lowest BCUT2D eigenvalue weighted by Gasteiger charge is -2.26. The minimum atomic E-state index is 0.123. The largest absolute Gasteiger partial charge is 0.340 e. The van der Waals surface area contributed by atoms with Crippen LogP contribution in [0.1, 0.15) is 69.2 Å². The van der Waals surface area contributed by atoms with E-state index in [1.54, 1.807) is 0 Å². The van der Waals surface area contributed by atoms with Gasteiger partial charge >= 0.3 is 0 Å². The zero-order valence-corrected chi connectivity index (χ0v) is 16.4. The highest BCUT2D eigenvalue weighted by molar-refractivity contribution is 5.78. The number of carbonyl (C=O) groups excluding carboxylic acids is 2. The molecule has 0 rings (SSSR count). The summed E-state index contributed by atoms with van der Waals surface area (Å²) in [5.41, 5.74) is 0. The monoisotopic (exact) mass is 314 g/mol. The van der Waals surface area contributed by atoms with Gasteiger partial charge in [-0.3, -0.25) is 9.59 Å². The Bertz CT molecular complexity index is 291. The molecule has 0 bridgehead atoms. The number of amides is 2. The van der Waals surface area contributed by atoms with Crippen molar-refractivity contribution in [2.45, 2.75) is 81.3 Å². The summed E-state index contributed by atoms with van der Waals surface area (Å²) in [6.45, 7) is 21.6. The summed E-state index contributed by atoms with van der Waals surface area (Å²) >= 11 is 0. The van der Waals surface area contributed by atoms with Gasteiger partial charge in [-0.15, -0.1) is 0 Å². The lowest BCUT2D eigenvalue weighted by molar-refractivity contribution is -0.136. The molecule has 22 heavy (non-hydrogen) atoms. The van der Waals surface area contributed by atoms with Crippen LogP contribution in [0.3, 0.4) is 0 Å². The molecule has 0 aliphatic carbocycles. The van der Waals surface area contributed by atoms with Crippen LogP contribution in [0.15, 0.2) is 0 Å². The van der Waals surface area contributed by atoms with Gasteiger partial charge in [0.25, 0.3) is 0 Å². The summed E-state index contributed by atoms with van der Waals surface area (Å²) in [5.74, 6) is 0.750. The zero-order valence-electron chi connectivity index (χ0n) is 16.4. The van der Waals surface area contributed by atoms with Gasteiger partial charge in [0.1, 0.15) is 0 Å². The predicted octanol–water partition coefficient (Wildman–Crippen LogP) is 3.80. The van der Waals surface area contributed by atoms with E-state index in [4.69, 9.17) is 0 Å². The first-order valence-electron chi connectivity index (χ1n) is 8.61. The van der Waals surface area contributed by atoms with Gasteiger partial charge in [0.15, 0.2) is 0 Å². The number of hydrogen-bond donors (Lipinski definition) is 0. The normalized spacial score (nSPS) is 10.8. The van der Waals surface area contributed by atoms with Crippen molar-refractivity contribution in [3.8, 4) is 0 Å². The van der Waals surface area contributed by atoms with Gasteiger partial charge in [-0.25, -0.2) is 0 Å². The first kappa shape index (κ1) is 23.2. The first-order chi connectivity index (χ1) is 10.0. The van der Waals surface area contributed by atoms with Gasteiger partial charge in [-0.05, 0) is 41.5 Å². The smallest absolute Gasteiger partial charge is 0.225 e. The van der Waals surface area contributed by atoms with Crippen LogP contribution in [0.2, 0.25) is 0 Å². The van der Waals surface area contributed by atoms with E-state index in [0.717, 1.165) is 13.1 Å². The third-order valence-corrected chi connectivity index (χ3v) is 3.48. The van der Waals surface area contributed by atoms with Gasteiger partial charge in [0.05, 0.1) is 0 Å². The molecule has 0 N–H and O–H groups in total. The SMILES string of the molecule is CCN(C(=O)C(C)C)C(C)C.CCN(C(=O)C(C)C)C(C)C. The molecule has 0 atom stereocenters. The van der Waals surface area contributed by atoms with Crippen molar-refractivity contribution in [3.63, 3.8) is 0 Å². The fourth-order valence-corrected chi connectivity index (χ4v) is 2.21. The molecule has 0 radical (unpaired) electrons. The van der Waals surface area contributed by atoms with E-state index in [0.29, 0.717) is 12.1 Å². The maximum absolute atomic E-state index is 11.4. The molecule has 0 saturated carbocycles. The minimum Gasteiger partial charge on any atom is -0.340 e. The fourth-order valence-electron chi connectivity index (χ4n) is 2.21. The maximum atomic E-state index is 11.4. The molecule has 0 fully saturated rings. The third-order valence-electron chi connectivity index (χ3n) is 3.48. The second-order valence-corrected chi connectivity index (χ2v) is 6.75. The number of carbonyl (C=O) groups is 2. The van der Waals surface area contributed by atoms with Crippen LogP contribution in [0.4, 0.5) is 0 Å². The second-order valence-electron chi connectivity index (χ2n) is 6.75. The summed E-state index contributed by atoms with van der Waals surface area (Å²) in [4.78, 5) is 26.7. The van der Waals surface area contributed by atoms with E-state index in [1.807, 2.05) is 79.0 Å². The van der Waals surface area contributed by atoms with Gasteiger partial charge in [-0.1, -0.05) is 27.7 Å². The van der Waals surface area contributed by atoms with Crippen molar-refractivity contribution in [2.75, 3.05) is 13.1 Å². The van der Waals surface area contributed by atoms with Crippen molar-refractivity contribution in [1.82, 2.24) is 9.80 Å². The van der Waals surface area contributed by atoms with E-state index in [1.165, 1.54) is 0 Å². The molecule has 0 heterocycles. The Labute approximate surface area is 138 Å². The van der Waals surface area contributed by atoms with Crippen molar-refractivity contribution in [2.24, 2.45) is 11.8 Å². The van der Waals surface area contributed by atoms with Crippen LogP contribution in [-0.2, 0) is 9.59 Å². The summed E-state index contributed by atoms with van der Waals surface area (Å²) in [7, 11) is 0. The summed E-state index contributed by atoms with van der Waals surface area (Å²) < 4.78 is 0. The molecule has 0 aromatic carbocycles. The Kier molecular flexibility index (Phi) is 12.1. The van der Waals surface area contributed by atoms with E-state index in [-0.39, 0.29) is 23.7 Å². The molecular formula is C18H38N2O2. The Morgan fingerprint density at radius 3 is 0.909 bits per heavy atom. The van der Waals surface area contributed by atoms with Crippen molar-refractivity contribution < 1.29 is 9.59 Å². The number of rotatable bonds is 6. The Balaban J connectivity index is 0. The Hall–Kier alpha value is -1.06. The summed E-state index contributed by atoms with van der Waals surface area (Å²) in [5, 5.41) is 0. The molecule has 132 valence electrons. The van der Waals surface area contributed by atoms with Crippen molar-refractivity contribution in [1.29, 1.82) is 0 Å².